The zero-order valence-corrected chi connectivity index (χ0v) is 47.9. The third-order valence-corrected chi connectivity index (χ3v) is 21.3. The van der Waals surface area contributed by atoms with E-state index in [9.17, 15) is 13.2 Å². The number of benzene rings is 4. The number of hydrogen-bond acceptors (Lipinski definition) is 16. The number of sulfonamides is 2. The first-order valence-corrected chi connectivity index (χ1v) is 32.3. The molecule has 0 saturated carbocycles. The smallest absolute Gasteiger partial charge is 0.407 e. The van der Waals surface area contributed by atoms with E-state index in [4.69, 9.17) is 27.9 Å². The van der Waals surface area contributed by atoms with E-state index in [1.165, 1.54) is 15.2 Å². The fourth-order valence-electron chi connectivity index (χ4n) is 7.94. The molecule has 410 valence electrons. The van der Waals surface area contributed by atoms with E-state index >= 15 is 16.8 Å². The Hall–Kier alpha value is -5.31. The van der Waals surface area contributed by atoms with Crippen LogP contribution < -0.4 is 19.7 Å². The zero-order chi connectivity index (χ0) is 54.8. The van der Waals surface area contributed by atoms with Gasteiger partial charge in [0.25, 0.3) is 10.1 Å². The number of alkyl carbamates (subject to hydrolysis) is 1. The van der Waals surface area contributed by atoms with Gasteiger partial charge in [-0.15, -0.1) is 10.2 Å². The number of piperidine rings is 1. The molecule has 1 saturated heterocycles. The number of nitrogens with zero attached hydrogens (tertiary/aromatic N) is 6. The first kappa shape index (κ1) is 58.9. The van der Waals surface area contributed by atoms with Crippen LogP contribution >= 0.6 is 0 Å². The molecule has 5 aromatic rings. The van der Waals surface area contributed by atoms with Crippen molar-refractivity contribution in [3.63, 3.8) is 0 Å². The summed E-state index contributed by atoms with van der Waals surface area (Å²) in [6.45, 7) is 15.2. The second kappa shape index (κ2) is 24.8. The van der Waals surface area contributed by atoms with Crippen molar-refractivity contribution >= 4 is 50.3 Å². The molecule has 75 heavy (non-hydrogen) atoms. The van der Waals surface area contributed by atoms with Crippen molar-refractivity contribution < 1.29 is 52.9 Å². The quantitative estimate of drug-likeness (QED) is 0.0361. The van der Waals surface area contributed by atoms with E-state index in [1.807, 2.05) is 63.0 Å². The summed E-state index contributed by atoms with van der Waals surface area (Å²) in [4.78, 5) is 15.0. The minimum atomic E-state index is -4.90. The predicted molar refractivity (Wildman–Crippen MR) is 288 cm³/mol. The highest BCUT2D eigenvalue weighted by Gasteiger charge is 2.42. The van der Waals surface area contributed by atoms with Crippen LogP contribution in [0.2, 0.25) is 18.1 Å². The molecule has 0 spiro atoms. The molecular formula is C51H72N8O12S3Si. The van der Waals surface area contributed by atoms with E-state index in [2.05, 4.69) is 20.4 Å². The number of ether oxygens (including phenoxy) is 3. The minimum absolute atomic E-state index is 0.0314. The highest BCUT2D eigenvalue weighted by Crippen LogP contribution is 2.42. The van der Waals surface area contributed by atoms with Crippen LogP contribution in [-0.2, 0) is 67.9 Å². The van der Waals surface area contributed by atoms with Gasteiger partial charge in [0, 0.05) is 45.0 Å². The van der Waals surface area contributed by atoms with Crippen LogP contribution in [0.15, 0.2) is 107 Å². The normalized spacial score (nSPS) is 14.7. The average molecular weight is 1110 g/mol. The summed E-state index contributed by atoms with van der Waals surface area (Å²) in [5, 5.41) is 16.0. The Balaban J connectivity index is 1.52. The number of carbonyl (C=O) groups is 1. The third-order valence-electron chi connectivity index (χ3n) is 12.7. The van der Waals surface area contributed by atoms with Crippen LogP contribution in [0.25, 0.3) is 11.4 Å². The first-order valence-electron chi connectivity index (χ1n) is 24.7. The maximum atomic E-state index is 16.2. The molecule has 0 unspecified atom stereocenters. The summed E-state index contributed by atoms with van der Waals surface area (Å²) in [5.74, 6) is 0.492. The van der Waals surface area contributed by atoms with Gasteiger partial charge in [0.05, 0.1) is 50.9 Å². The van der Waals surface area contributed by atoms with Crippen LogP contribution in [-0.4, -0.2) is 135 Å². The van der Waals surface area contributed by atoms with Crippen molar-refractivity contribution in [2.75, 3.05) is 57.7 Å². The maximum Gasteiger partial charge on any atom is 0.407 e. The van der Waals surface area contributed by atoms with Crippen LogP contribution in [0, 0.1) is 0 Å². The molecule has 2 heterocycles. The number of rotatable bonds is 24. The highest BCUT2D eigenvalue weighted by atomic mass is 32.2. The number of amides is 1. The Morgan fingerprint density at radius 2 is 1.40 bits per heavy atom. The molecular weight excluding hydrogens is 1040 g/mol. The van der Waals surface area contributed by atoms with Gasteiger partial charge in [0.15, 0.2) is 8.32 Å². The molecule has 24 heteroatoms. The lowest BCUT2D eigenvalue weighted by molar-refractivity contribution is 0.0214. The van der Waals surface area contributed by atoms with Crippen LogP contribution in [0.1, 0.15) is 71.1 Å². The molecule has 0 radical (unpaired) electrons. The van der Waals surface area contributed by atoms with Crippen LogP contribution in [0.5, 0.6) is 5.75 Å². The second-order valence-electron chi connectivity index (χ2n) is 20.8. The molecule has 4 aromatic carbocycles. The van der Waals surface area contributed by atoms with Gasteiger partial charge in [-0.1, -0.05) is 93.6 Å². The fourth-order valence-corrected chi connectivity index (χ4v) is 13.1. The highest BCUT2D eigenvalue weighted by molar-refractivity contribution is 7.92. The van der Waals surface area contributed by atoms with Crippen LogP contribution in [0.3, 0.4) is 0 Å². The number of methoxy groups -OCH3 is 1. The lowest BCUT2D eigenvalue weighted by Crippen LogP contribution is -2.51. The Labute approximate surface area is 443 Å². The Morgan fingerprint density at radius 1 is 0.800 bits per heavy atom. The number of hydrogen-bond donors (Lipinski definition) is 2. The number of anilines is 1. The third kappa shape index (κ3) is 16.8. The Kier molecular flexibility index (Phi) is 19.5. The molecule has 1 atom stereocenters. The van der Waals surface area contributed by atoms with E-state index in [0.717, 1.165) is 11.8 Å². The van der Waals surface area contributed by atoms with Gasteiger partial charge in [0.2, 0.25) is 25.9 Å². The molecule has 1 aliphatic heterocycles. The molecule has 1 aromatic heterocycles. The van der Waals surface area contributed by atoms with Crippen molar-refractivity contribution in [3.05, 3.63) is 114 Å². The lowest BCUT2D eigenvalue weighted by Gasteiger charge is -2.39. The molecule has 0 aliphatic carbocycles. The van der Waals surface area contributed by atoms with E-state index in [1.54, 1.807) is 94.6 Å². The predicted octanol–water partition coefficient (Wildman–Crippen LogP) is 6.94. The van der Waals surface area contributed by atoms with Crippen LogP contribution in [0.4, 0.5) is 10.5 Å². The summed E-state index contributed by atoms with van der Waals surface area (Å²) < 4.78 is 118. The Bertz CT molecular complexity index is 2980. The molecule has 1 amide bonds. The number of nitrogens with one attached hydrogen (secondary N) is 2. The molecule has 2 N–H and O–H groups in total. The fraction of sp³-hybridized carbons (Fsp3) is 0.490. The zero-order valence-electron chi connectivity index (χ0n) is 44.5. The lowest BCUT2D eigenvalue weighted by atomic mass is 10.0. The number of aromatic nitrogens is 4. The first-order chi connectivity index (χ1) is 35.1. The average Bonchev–Trinajstić information content (AvgIpc) is 3.81. The summed E-state index contributed by atoms with van der Waals surface area (Å²) in [6, 6.07) is 28.1. The largest absolute Gasteiger partial charge is 0.497 e. The van der Waals surface area contributed by atoms with Gasteiger partial charge in [-0.2, -0.15) is 17.5 Å². The summed E-state index contributed by atoms with van der Waals surface area (Å²) in [6.07, 6.45) is -0.0690. The van der Waals surface area contributed by atoms with Crippen molar-refractivity contribution in [2.45, 2.75) is 120 Å². The van der Waals surface area contributed by atoms with Gasteiger partial charge in [-0.05, 0) is 97.9 Å². The SMILES string of the molecule is COc1ccc(Cn2nnc(-c3c(N4CCC(OCCOS(C)(=O)=O)CC4)ccc(S(=O)(=O)NC[C@@H](CNC(=O)OC(C)(C)C)O[Si](C)(C)C(C)(C)C)c3S(=O)(=O)N(Cc3ccccc3)Cc3ccccc3)n2)cc1. The Morgan fingerprint density at radius 3 is 1.95 bits per heavy atom. The standard InChI is InChI=1S/C51H72N8O12S3Si/c1-50(2,3)70-49(60)52-33-43(71-75(9,10)51(4,5)6)34-53-73(63,64)45-26-25-44(57-29-27-42(28-30-57)68-31-32-69-72(8,61)62)46(48-54-56-59(55-48)37-40-21-23-41(67-7)24-22-40)47(45)74(65,66)58(35-38-17-13-11-14-18-38)36-39-19-15-12-16-20-39/h11-26,42-43,53H,27-37H2,1-10H3,(H,52,60)/t43-/m1/s1. The van der Waals surface area contributed by atoms with Crippen molar-refractivity contribution in [1.29, 1.82) is 0 Å². The summed E-state index contributed by atoms with van der Waals surface area (Å²) >= 11 is 0. The van der Waals surface area contributed by atoms with Gasteiger partial charge in [0.1, 0.15) is 21.1 Å². The van der Waals surface area contributed by atoms with E-state index in [-0.39, 0.29) is 68.5 Å². The molecule has 1 fully saturated rings. The number of tetrazole rings is 1. The second-order valence-corrected chi connectivity index (χ2v) is 30.9. The van der Waals surface area contributed by atoms with Gasteiger partial charge in [-0.3, -0.25) is 4.18 Å². The van der Waals surface area contributed by atoms with Crippen molar-refractivity contribution in [3.8, 4) is 17.1 Å². The van der Waals surface area contributed by atoms with Gasteiger partial charge >= 0.3 is 6.09 Å². The summed E-state index contributed by atoms with van der Waals surface area (Å²) in [7, 11) is -14.5. The van der Waals surface area contributed by atoms with Crippen molar-refractivity contribution in [1.82, 2.24) is 34.6 Å². The number of carbonyl (C=O) groups excluding carboxylic acids is 1. The molecule has 20 nitrogen and oxygen atoms in total. The molecule has 6 rings (SSSR count). The van der Waals surface area contributed by atoms with Gasteiger partial charge in [-0.25, -0.2) is 26.4 Å². The van der Waals surface area contributed by atoms with Gasteiger partial charge < -0.3 is 28.9 Å². The maximum absolute atomic E-state index is 16.2. The van der Waals surface area contributed by atoms with E-state index in [0.29, 0.717) is 48.5 Å². The topological polar surface area (TPSA) is 240 Å². The summed E-state index contributed by atoms with van der Waals surface area (Å²) in [5.41, 5.74) is 1.51. The molecule has 0 bridgehead atoms. The van der Waals surface area contributed by atoms with Crippen molar-refractivity contribution in [2.24, 2.45) is 0 Å². The van der Waals surface area contributed by atoms with E-state index < -0.39 is 66.1 Å². The minimum Gasteiger partial charge on any atom is -0.497 e. The molecule has 1 aliphatic rings. The monoisotopic (exact) mass is 1110 g/mol.